The van der Waals surface area contributed by atoms with Gasteiger partial charge < -0.3 is 20.5 Å². The van der Waals surface area contributed by atoms with Crippen LogP contribution in [-0.2, 0) is 25.7 Å². The van der Waals surface area contributed by atoms with E-state index in [2.05, 4.69) is 10.6 Å². The van der Waals surface area contributed by atoms with Crippen molar-refractivity contribution in [3.8, 4) is 0 Å². The maximum atomic E-state index is 12.9. The van der Waals surface area contributed by atoms with Crippen molar-refractivity contribution >= 4 is 29.7 Å². The molecule has 0 saturated heterocycles. The van der Waals surface area contributed by atoms with E-state index >= 15 is 0 Å². The van der Waals surface area contributed by atoms with Crippen molar-refractivity contribution in [3.63, 3.8) is 0 Å². The average molecular weight is 569 g/mol. The minimum atomic E-state index is -1.22. The van der Waals surface area contributed by atoms with E-state index in [1.54, 1.807) is 0 Å². The Labute approximate surface area is 244 Å². The van der Waals surface area contributed by atoms with Crippen molar-refractivity contribution in [1.29, 1.82) is 0 Å². The van der Waals surface area contributed by atoms with Gasteiger partial charge in [-0.25, -0.2) is 9.59 Å². The Morgan fingerprint density at radius 2 is 1.17 bits per heavy atom. The van der Waals surface area contributed by atoms with Gasteiger partial charge in [-0.1, -0.05) is 121 Å². The number of carbonyl (C=O) groups excluding carboxylic acids is 2. The normalized spacial score (nSPS) is 12.5. The molecule has 0 radical (unpaired) electrons. The summed E-state index contributed by atoms with van der Waals surface area (Å²) in [7, 11) is 0. The fourth-order valence-corrected chi connectivity index (χ4v) is 6.01. The third-order valence-corrected chi connectivity index (χ3v) is 8.20. The Kier molecular flexibility index (Phi) is 10.2. The summed E-state index contributed by atoms with van der Waals surface area (Å²) in [4.78, 5) is 37.5. The Bertz CT molecular complexity index is 1320. The van der Waals surface area contributed by atoms with Crippen LogP contribution in [0.3, 0.4) is 0 Å². The van der Waals surface area contributed by atoms with Crippen LogP contribution in [-0.4, -0.2) is 40.9 Å². The van der Waals surface area contributed by atoms with E-state index in [0.717, 1.165) is 22.3 Å². The third kappa shape index (κ3) is 7.55. The van der Waals surface area contributed by atoms with Crippen LogP contribution in [0.25, 0.3) is 0 Å². The molecule has 0 fully saturated rings. The number of alkyl carbamates (subject to hydrolysis) is 1. The molecule has 0 aliphatic carbocycles. The second-order valence-electron chi connectivity index (χ2n) is 9.42. The number of aliphatic carboxylic acids is 1. The van der Waals surface area contributed by atoms with E-state index in [1.807, 2.05) is 121 Å². The number of ether oxygens (including phenoxy) is 1. The predicted molar refractivity (Wildman–Crippen MR) is 160 cm³/mol. The van der Waals surface area contributed by atoms with Crippen molar-refractivity contribution in [2.75, 3.05) is 5.75 Å². The molecule has 0 heterocycles. The molecule has 41 heavy (non-hydrogen) atoms. The number of amides is 2. The maximum Gasteiger partial charge on any atom is 0.408 e. The number of carboxylic acid groups (broad SMARTS) is 1. The molecule has 210 valence electrons. The molecule has 0 bridgehead atoms. The van der Waals surface area contributed by atoms with Gasteiger partial charge in [0.15, 0.2) is 0 Å². The van der Waals surface area contributed by atoms with E-state index in [1.165, 1.54) is 18.7 Å². The number of thioether (sulfide) groups is 1. The fraction of sp³-hybridized carbons (Fsp3) is 0.182. The highest BCUT2D eigenvalue weighted by molar-refractivity contribution is 8.00. The van der Waals surface area contributed by atoms with Gasteiger partial charge >= 0.3 is 12.1 Å². The zero-order valence-electron chi connectivity index (χ0n) is 22.6. The highest BCUT2D eigenvalue weighted by atomic mass is 32.2. The first kappa shape index (κ1) is 29.4. The molecule has 0 aliphatic rings. The van der Waals surface area contributed by atoms with Crippen LogP contribution in [0.5, 0.6) is 0 Å². The van der Waals surface area contributed by atoms with E-state index in [-0.39, 0.29) is 12.4 Å². The molecule has 0 aliphatic heterocycles. The predicted octanol–water partition coefficient (Wildman–Crippen LogP) is 5.60. The minimum Gasteiger partial charge on any atom is -0.480 e. The highest BCUT2D eigenvalue weighted by Crippen LogP contribution is 2.48. The number of benzene rings is 4. The highest BCUT2D eigenvalue weighted by Gasteiger charge is 2.38. The average Bonchev–Trinajstić information content (AvgIpc) is 3.01. The molecular weight excluding hydrogens is 536 g/mol. The van der Waals surface area contributed by atoms with Crippen molar-refractivity contribution in [1.82, 2.24) is 10.6 Å². The van der Waals surface area contributed by atoms with Gasteiger partial charge in [-0.2, -0.15) is 0 Å². The Morgan fingerprint density at radius 1 is 0.732 bits per heavy atom. The number of carbonyl (C=O) groups is 3. The van der Waals surface area contributed by atoms with E-state index < -0.39 is 34.8 Å². The van der Waals surface area contributed by atoms with Gasteiger partial charge in [0.05, 0.1) is 4.75 Å². The molecular formula is C33H32N2O5S. The summed E-state index contributed by atoms with van der Waals surface area (Å²) in [5.41, 5.74) is 3.75. The number of rotatable bonds is 12. The second kappa shape index (κ2) is 14.2. The maximum absolute atomic E-state index is 12.9. The largest absolute Gasteiger partial charge is 0.480 e. The molecule has 3 N–H and O–H groups in total. The number of nitrogens with one attached hydrogen (secondary N) is 2. The van der Waals surface area contributed by atoms with Gasteiger partial charge in [0, 0.05) is 5.75 Å². The molecule has 7 nitrogen and oxygen atoms in total. The smallest absolute Gasteiger partial charge is 0.408 e. The van der Waals surface area contributed by atoms with Gasteiger partial charge in [-0.3, -0.25) is 4.79 Å². The molecule has 0 unspecified atom stereocenters. The van der Waals surface area contributed by atoms with Crippen molar-refractivity contribution in [2.24, 2.45) is 0 Å². The summed E-state index contributed by atoms with van der Waals surface area (Å²) in [6.07, 6.45) is -0.769. The molecule has 0 aromatic heterocycles. The molecule has 4 aromatic rings. The van der Waals surface area contributed by atoms with Crippen molar-refractivity contribution in [2.45, 2.75) is 30.4 Å². The summed E-state index contributed by atoms with van der Waals surface area (Å²) in [5.74, 6) is -1.74. The Morgan fingerprint density at radius 3 is 1.61 bits per heavy atom. The lowest BCUT2D eigenvalue weighted by atomic mass is 9.84. The van der Waals surface area contributed by atoms with Crippen LogP contribution in [0.2, 0.25) is 0 Å². The fourth-order valence-electron chi connectivity index (χ4n) is 4.46. The first-order chi connectivity index (χ1) is 19.9. The Balaban J connectivity index is 1.51. The minimum absolute atomic E-state index is 0.0515. The van der Waals surface area contributed by atoms with Crippen LogP contribution in [0.15, 0.2) is 121 Å². The SMILES string of the molecule is C[C@H](NC(=O)OCc1ccccc1)C(=O)N[C@@H](CSC(c1ccccc1)(c1ccccc1)c1ccccc1)C(=O)O. The van der Waals surface area contributed by atoms with Gasteiger partial charge in [0.25, 0.3) is 0 Å². The number of hydrogen-bond acceptors (Lipinski definition) is 5. The van der Waals surface area contributed by atoms with Crippen molar-refractivity contribution < 1.29 is 24.2 Å². The van der Waals surface area contributed by atoms with Crippen LogP contribution < -0.4 is 10.6 Å². The summed E-state index contributed by atoms with van der Waals surface area (Å²) >= 11 is 1.43. The third-order valence-electron chi connectivity index (χ3n) is 6.56. The molecule has 8 heteroatoms. The van der Waals surface area contributed by atoms with Gasteiger partial charge in [-0.15, -0.1) is 11.8 Å². The van der Waals surface area contributed by atoms with Crippen molar-refractivity contribution in [3.05, 3.63) is 144 Å². The summed E-state index contributed by atoms with van der Waals surface area (Å²) in [6.45, 7) is 1.53. The number of carboxylic acids is 1. The topological polar surface area (TPSA) is 105 Å². The zero-order valence-corrected chi connectivity index (χ0v) is 23.4. The zero-order chi connectivity index (χ0) is 29.1. The first-order valence-corrected chi connectivity index (χ1v) is 14.2. The van der Waals surface area contributed by atoms with Crippen LogP contribution in [0, 0.1) is 0 Å². The molecule has 2 amide bonds. The molecule has 0 saturated carbocycles. The molecule has 0 spiro atoms. The van der Waals surface area contributed by atoms with Gasteiger partial charge in [0.1, 0.15) is 18.7 Å². The summed E-state index contributed by atoms with van der Waals surface area (Å²) < 4.78 is 4.45. The summed E-state index contributed by atoms with van der Waals surface area (Å²) in [5, 5.41) is 15.1. The van der Waals surface area contributed by atoms with E-state index in [0.29, 0.717) is 0 Å². The summed E-state index contributed by atoms with van der Waals surface area (Å²) in [6, 6.07) is 36.6. The molecule has 4 rings (SSSR count). The lowest BCUT2D eigenvalue weighted by Crippen LogP contribution is -2.51. The second-order valence-corrected chi connectivity index (χ2v) is 10.7. The lowest BCUT2D eigenvalue weighted by Gasteiger charge is -2.36. The van der Waals surface area contributed by atoms with Gasteiger partial charge in [0.2, 0.25) is 5.91 Å². The van der Waals surface area contributed by atoms with Crippen LogP contribution in [0.4, 0.5) is 4.79 Å². The van der Waals surface area contributed by atoms with Crippen LogP contribution in [0.1, 0.15) is 29.2 Å². The van der Waals surface area contributed by atoms with Gasteiger partial charge in [-0.05, 0) is 29.2 Å². The monoisotopic (exact) mass is 568 g/mol. The van der Waals surface area contributed by atoms with E-state index in [4.69, 9.17) is 4.74 Å². The molecule has 4 aromatic carbocycles. The Hall–Kier alpha value is -4.56. The first-order valence-electron chi connectivity index (χ1n) is 13.2. The quantitative estimate of drug-likeness (QED) is 0.192. The lowest BCUT2D eigenvalue weighted by molar-refractivity contribution is -0.141. The number of hydrogen-bond donors (Lipinski definition) is 3. The van der Waals surface area contributed by atoms with E-state index in [9.17, 15) is 19.5 Å². The van der Waals surface area contributed by atoms with Crippen LogP contribution >= 0.6 is 11.8 Å². The standard InChI is InChI=1S/C33H32N2O5S/c1-24(34-32(39)40-22-25-14-6-2-7-15-25)30(36)35-29(31(37)38)23-41-33(26-16-8-3-9-17-26,27-18-10-4-11-19-27)28-20-12-5-13-21-28/h2-21,24,29H,22-23H2,1H3,(H,34,39)(H,35,36)(H,37,38)/t24-,29-/m0/s1. The molecule has 2 atom stereocenters.